The molecule has 0 spiro atoms. The molecule has 0 aliphatic heterocycles. The molecule has 1 heterocycles. The van der Waals surface area contributed by atoms with Crippen LogP contribution in [0.25, 0.3) is 21.6 Å². The molecular formula is C19H16NO5S2-. The summed E-state index contributed by atoms with van der Waals surface area (Å²) in [7, 11) is 1.59. The maximum atomic E-state index is 11.8. The number of thiophene rings is 1. The number of hydrogen-bond donors (Lipinski definition) is 2. The fourth-order valence-electron chi connectivity index (χ4n) is 2.83. The molecule has 0 aliphatic rings. The Morgan fingerprint density at radius 2 is 1.70 bits per heavy atom. The first-order chi connectivity index (χ1) is 12.9. The Morgan fingerprint density at radius 3 is 2.22 bits per heavy atom. The lowest BCUT2D eigenvalue weighted by Gasteiger charge is -2.10. The average Bonchev–Trinajstić information content (AvgIpc) is 2.99. The summed E-state index contributed by atoms with van der Waals surface area (Å²) < 4.78 is 28.9. The van der Waals surface area contributed by atoms with Gasteiger partial charge in [-0.05, 0) is 60.0 Å². The van der Waals surface area contributed by atoms with E-state index in [4.69, 9.17) is 4.74 Å². The molecule has 140 valence electrons. The Labute approximate surface area is 162 Å². The van der Waals surface area contributed by atoms with Crippen molar-refractivity contribution in [1.82, 2.24) is 0 Å². The quantitative estimate of drug-likeness (QED) is 0.599. The molecule has 0 aliphatic carbocycles. The van der Waals surface area contributed by atoms with Crippen molar-refractivity contribution < 1.29 is 23.4 Å². The van der Waals surface area contributed by atoms with E-state index in [1.54, 1.807) is 31.4 Å². The fourth-order valence-corrected chi connectivity index (χ4v) is 4.33. The van der Waals surface area contributed by atoms with E-state index in [0.717, 1.165) is 21.8 Å². The molecule has 27 heavy (non-hydrogen) atoms. The van der Waals surface area contributed by atoms with Crippen molar-refractivity contribution in [2.24, 2.45) is 0 Å². The van der Waals surface area contributed by atoms with E-state index in [-0.39, 0.29) is 4.88 Å². The SMILES string of the molecule is COc1ccc(-c2sc(C(=O)O)c(-c3ccc(NS(=O)[O-])cc3)c2C)cc1. The number of rotatable bonds is 6. The van der Waals surface area contributed by atoms with Crippen LogP contribution < -0.4 is 9.46 Å². The van der Waals surface area contributed by atoms with Crippen LogP contribution in [0.2, 0.25) is 0 Å². The molecule has 2 N–H and O–H groups in total. The second kappa shape index (κ2) is 7.91. The van der Waals surface area contributed by atoms with E-state index in [1.165, 1.54) is 11.3 Å². The van der Waals surface area contributed by atoms with E-state index in [0.29, 0.717) is 16.8 Å². The second-order valence-electron chi connectivity index (χ2n) is 5.71. The van der Waals surface area contributed by atoms with Gasteiger partial charge in [0, 0.05) is 27.4 Å². The van der Waals surface area contributed by atoms with Crippen LogP contribution in [0, 0.1) is 6.92 Å². The van der Waals surface area contributed by atoms with Gasteiger partial charge in [0.05, 0.1) is 7.11 Å². The van der Waals surface area contributed by atoms with Crippen LogP contribution in [-0.4, -0.2) is 26.9 Å². The lowest BCUT2D eigenvalue weighted by atomic mass is 9.98. The highest BCUT2D eigenvalue weighted by Gasteiger charge is 2.22. The predicted octanol–water partition coefficient (Wildman–Crippen LogP) is 4.30. The first kappa shape index (κ1) is 19.1. The van der Waals surface area contributed by atoms with Crippen LogP contribution in [0.15, 0.2) is 48.5 Å². The van der Waals surface area contributed by atoms with Gasteiger partial charge in [0.15, 0.2) is 0 Å². The Balaban J connectivity index is 2.07. The van der Waals surface area contributed by atoms with Crippen molar-refractivity contribution in [2.45, 2.75) is 6.92 Å². The molecule has 1 aromatic heterocycles. The molecule has 3 aromatic rings. The summed E-state index contributed by atoms with van der Waals surface area (Å²) in [6, 6.07) is 14.0. The van der Waals surface area contributed by atoms with E-state index in [2.05, 4.69) is 4.72 Å². The zero-order valence-electron chi connectivity index (χ0n) is 14.5. The van der Waals surface area contributed by atoms with Gasteiger partial charge >= 0.3 is 5.97 Å². The number of hydrogen-bond acceptors (Lipinski definition) is 5. The normalized spacial score (nSPS) is 11.8. The summed E-state index contributed by atoms with van der Waals surface area (Å²) in [4.78, 5) is 12.9. The smallest absolute Gasteiger partial charge is 0.346 e. The summed E-state index contributed by atoms with van der Waals surface area (Å²) in [6.07, 6.45) is 0. The van der Waals surface area contributed by atoms with E-state index >= 15 is 0 Å². The first-order valence-electron chi connectivity index (χ1n) is 7.88. The summed E-state index contributed by atoms with van der Waals surface area (Å²) in [5.41, 5.74) is 3.52. The van der Waals surface area contributed by atoms with E-state index in [9.17, 15) is 18.7 Å². The summed E-state index contributed by atoms with van der Waals surface area (Å²) in [5.74, 6) is -0.272. The number of carboxylic acids is 1. The molecular weight excluding hydrogens is 386 g/mol. The molecule has 0 amide bonds. The Bertz CT molecular complexity index is 994. The van der Waals surface area contributed by atoms with Gasteiger partial charge in [0.25, 0.3) is 0 Å². The van der Waals surface area contributed by atoms with Crippen LogP contribution in [0.1, 0.15) is 15.2 Å². The highest BCUT2D eigenvalue weighted by molar-refractivity contribution is 7.80. The fraction of sp³-hybridized carbons (Fsp3) is 0.105. The Morgan fingerprint density at radius 1 is 1.11 bits per heavy atom. The van der Waals surface area contributed by atoms with Gasteiger partial charge in [-0.15, -0.1) is 11.3 Å². The molecule has 1 atom stereocenters. The number of methoxy groups -OCH3 is 1. The number of carboxylic acid groups (broad SMARTS) is 1. The zero-order valence-corrected chi connectivity index (χ0v) is 16.1. The lowest BCUT2D eigenvalue weighted by Crippen LogP contribution is -2.02. The van der Waals surface area contributed by atoms with Crippen LogP contribution in [-0.2, 0) is 11.3 Å². The minimum absolute atomic E-state index is 0.242. The molecule has 0 radical (unpaired) electrons. The number of nitrogens with one attached hydrogen (secondary N) is 1. The molecule has 0 bridgehead atoms. The van der Waals surface area contributed by atoms with Gasteiger partial charge in [-0.25, -0.2) is 4.79 Å². The molecule has 0 fully saturated rings. The van der Waals surface area contributed by atoms with Crippen LogP contribution in [0.4, 0.5) is 5.69 Å². The number of anilines is 1. The van der Waals surface area contributed by atoms with Crippen molar-refractivity contribution in [3.8, 4) is 27.3 Å². The minimum Gasteiger partial charge on any atom is -0.755 e. The molecule has 0 saturated heterocycles. The second-order valence-corrected chi connectivity index (χ2v) is 7.40. The van der Waals surface area contributed by atoms with Gasteiger partial charge in [0.2, 0.25) is 0 Å². The van der Waals surface area contributed by atoms with Gasteiger partial charge in [0.1, 0.15) is 10.6 Å². The third-order valence-corrected chi connectivity index (χ3v) is 5.80. The summed E-state index contributed by atoms with van der Waals surface area (Å²) in [6.45, 7) is 1.89. The summed E-state index contributed by atoms with van der Waals surface area (Å²) in [5, 5.41) is 9.66. The van der Waals surface area contributed by atoms with Gasteiger partial charge in [-0.2, -0.15) is 0 Å². The molecule has 8 heteroatoms. The van der Waals surface area contributed by atoms with Crippen molar-refractivity contribution >= 4 is 34.3 Å². The highest BCUT2D eigenvalue weighted by atomic mass is 32.2. The van der Waals surface area contributed by atoms with Crippen molar-refractivity contribution in [3.05, 3.63) is 59.0 Å². The largest absolute Gasteiger partial charge is 0.755 e. The third-order valence-electron chi connectivity index (χ3n) is 4.07. The standard InChI is InChI=1S/C19H17NO5S2/c1-11-16(12-3-7-14(8-4-12)20-27(23)24)18(19(21)22)26-17(11)13-5-9-15(25-2)10-6-13/h3-10,20H,1-2H3,(H,21,22)(H,23,24)/p-1. The number of carbonyl (C=O) groups is 1. The Hall–Kier alpha value is -2.68. The van der Waals surface area contributed by atoms with Crippen molar-refractivity contribution in [1.29, 1.82) is 0 Å². The van der Waals surface area contributed by atoms with Crippen LogP contribution in [0.5, 0.6) is 5.75 Å². The van der Waals surface area contributed by atoms with E-state index in [1.807, 2.05) is 31.2 Å². The molecule has 2 aromatic carbocycles. The van der Waals surface area contributed by atoms with Crippen molar-refractivity contribution in [2.75, 3.05) is 11.8 Å². The number of ether oxygens (including phenoxy) is 1. The molecule has 6 nitrogen and oxygen atoms in total. The molecule has 0 saturated carbocycles. The average molecular weight is 402 g/mol. The van der Waals surface area contributed by atoms with E-state index < -0.39 is 17.2 Å². The van der Waals surface area contributed by atoms with Crippen molar-refractivity contribution in [3.63, 3.8) is 0 Å². The number of benzene rings is 2. The van der Waals surface area contributed by atoms with Gasteiger partial charge in [-0.1, -0.05) is 12.1 Å². The third kappa shape index (κ3) is 4.02. The van der Waals surface area contributed by atoms with Crippen LogP contribution >= 0.6 is 11.3 Å². The topological polar surface area (TPSA) is 98.7 Å². The monoisotopic (exact) mass is 402 g/mol. The zero-order chi connectivity index (χ0) is 19.6. The highest BCUT2D eigenvalue weighted by Crippen LogP contribution is 2.42. The lowest BCUT2D eigenvalue weighted by molar-refractivity contribution is 0.0703. The predicted molar refractivity (Wildman–Crippen MR) is 106 cm³/mol. The maximum absolute atomic E-state index is 11.8. The first-order valence-corrected chi connectivity index (χ1v) is 9.77. The number of aromatic carboxylic acids is 1. The maximum Gasteiger partial charge on any atom is 0.346 e. The molecule has 1 unspecified atom stereocenters. The van der Waals surface area contributed by atoms with Gasteiger partial charge in [-0.3, -0.25) is 4.21 Å². The van der Waals surface area contributed by atoms with Gasteiger partial charge < -0.3 is 19.1 Å². The molecule has 3 rings (SSSR count). The Kier molecular flexibility index (Phi) is 5.59. The summed E-state index contributed by atoms with van der Waals surface area (Å²) >= 11 is -1.19. The van der Waals surface area contributed by atoms with Crippen LogP contribution in [0.3, 0.4) is 0 Å². The minimum atomic E-state index is -2.41.